The van der Waals surface area contributed by atoms with Gasteiger partial charge in [0, 0.05) is 19.1 Å². The average molecular weight is 288 g/mol. The number of benzene rings is 1. The average Bonchev–Trinajstić information content (AvgIpc) is 2.67. The zero-order chi connectivity index (χ0) is 15.4. The van der Waals surface area contributed by atoms with E-state index in [4.69, 9.17) is 0 Å². The molecule has 0 aromatic heterocycles. The summed E-state index contributed by atoms with van der Waals surface area (Å²) in [5, 5.41) is 3.74. The minimum atomic E-state index is 0.642. The number of nitrogens with zero attached hydrogens (tertiary/aromatic N) is 1. The lowest BCUT2D eigenvalue weighted by Gasteiger charge is -2.29. The number of hydrogen-bond donors (Lipinski definition) is 1. The van der Waals surface area contributed by atoms with Crippen LogP contribution in [-0.4, -0.2) is 30.6 Å². The Bertz CT molecular complexity index is 444. The van der Waals surface area contributed by atoms with Crippen LogP contribution in [0.3, 0.4) is 0 Å². The second kappa shape index (κ2) is 7.42. The topological polar surface area (TPSA) is 15.3 Å². The maximum absolute atomic E-state index is 3.74. The molecule has 1 fully saturated rings. The van der Waals surface area contributed by atoms with Crippen molar-refractivity contribution < 1.29 is 0 Å². The van der Waals surface area contributed by atoms with Gasteiger partial charge in [-0.2, -0.15) is 0 Å². The molecule has 21 heavy (non-hydrogen) atoms. The molecule has 0 saturated carbocycles. The highest BCUT2D eigenvalue weighted by molar-refractivity contribution is 5.37. The van der Waals surface area contributed by atoms with Gasteiger partial charge >= 0.3 is 0 Å². The Morgan fingerprint density at radius 3 is 2.52 bits per heavy atom. The summed E-state index contributed by atoms with van der Waals surface area (Å²) < 4.78 is 0. The second-order valence-electron chi connectivity index (χ2n) is 6.91. The van der Waals surface area contributed by atoms with E-state index in [1.54, 1.807) is 0 Å². The predicted octanol–water partition coefficient (Wildman–Crippen LogP) is 3.82. The molecule has 118 valence electrons. The maximum atomic E-state index is 3.74. The first-order valence-corrected chi connectivity index (χ1v) is 8.53. The number of rotatable bonds is 4. The fourth-order valence-corrected chi connectivity index (χ4v) is 3.52. The molecule has 2 atom stereocenters. The first kappa shape index (κ1) is 16.5. The van der Waals surface area contributed by atoms with E-state index in [1.165, 1.54) is 48.2 Å². The molecule has 0 spiro atoms. The maximum Gasteiger partial charge on any atom is 0.0239 e. The van der Waals surface area contributed by atoms with Crippen molar-refractivity contribution >= 4 is 0 Å². The normalized spacial score (nSPS) is 22.0. The van der Waals surface area contributed by atoms with E-state index in [9.17, 15) is 0 Å². The van der Waals surface area contributed by atoms with Gasteiger partial charge in [0.05, 0.1) is 0 Å². The molecule has 0 radical (unpaired) electrons. The van der Waals surface area contributed by atoms with Crippen LogP contribution >= 0.6 is 0 Å². The Hall–Kier alpha value is -0.860. The van der Waals surface area contributed by atoms with Crippen molar-refractivity contribution in [1.29, 1.82) is 0 Å². The quantitative estimate of drug-likeness (QED) is 0.906. The molecular formula is C19H32N2. The van der Waals surface area contributed by atoms with Crippen LogP contribution in [0.1, 0.15) is 48.9 Å². The molecule has 1 aromatic carbocycles. The van der Waals surface area contributed by atoms with Crippen molar-refractivity contribution in [2.45, 2.75) is 60.0 Å². The van der Waals surface area contributed by atoms with Crippen LogP contribution in [0.5, 0.6) is 0 Å². The standard InChI is InChI=1S/C19H32N2/c1-6-15(3)19-13-21(9-7-8-20-19)12-18-16(4)10-14(2)11-17(18)5/h10-11,15,19-20H,6-9,12-13H2,1-5H3. The van der Waals surface area contributed by atoms with Gasteiger partial charge in [-0.05, 0) is 62.9 Å². The Kier molecular flexibility index (Phi) is 5.83. The summed E-state index contributed by atoms with van der Waals surface area (Å²) in [4.78, 5) is 2.65. The molecule has 1 aliphatic rings. The van der Waals surface area contributed by atoms with Gasteiger partial charge < -0.3 is 5.32 Å². The molecule has 1 N–H and O–H groups in total. The van der Waals surface area contributed by atoms with E-state index in [1.807, 2.05) is 0 Å². The molecule has 2 unspecified atom stereocenters. The van der Waals surface area contributed by atoms with E-state index in [2.05, 4.69) is 57.0 Å². The summed E-state index contributed by atoms with van der Waals surface area (Å²) in [7, 11) is 0. The monoisotopic (exact) mass is 288 g/mol. The molecule has 1 aliphatic heterocycles. The fourth-order valence-electron chi connectivity index (χ4n) is 3.52. The lowest BCUT2D eigenvalue weighted by molar-refractivity contribution is 0.230. The van der Waals surface area contributed by atoms with Crippen molar-refractivity contribution in [3.63, 3.8) is 0 Å². The van der Waals surface area contributed by atoms with E-state index in [0.29, 0.717) is 6.04 Å². The van der Waals surface area contributed by atoms with E-state index in [0.717, 1.165) is 19.0 Å². The molecule has 0 aliphatic carbocycles. The van der Waals surface area contributed by atoms with Crippen molar-refractivity contribution in [2.24, 2.45) is 5.92 Å². The molecule has 1 aromatic rings. The molecule has 1 heterocycles. The third-order valence-corrected chi connectivity index (χ3v) is 5.07. The number of nitrogens with one attached hydrogen (secondary N) is 1. The van der Waals surface area contributed by atoms with Crippen LogP contribution in [0, 0.1) is 26.7 Å². The van der Waals surface area contributed by atoms with Gasteiger partial charge in [0.2, 0.25) is 0 Å². The van der Waals surface area contributed by atoms with Crippen LogP contribution in [0.4, 0.5) is 0 Å². The third-order valence-electron chi connectivity index (χ3n) is 5.07. The first-order valence-electron chi connectivity index (χ1n) is 8.53. The lowest BCUT2D eigenvalue weighted by Crippen LogP contribution is -2.41. The minimum absolute atomic E-state index is 0.642. The molecule has 2 rings (SSSR count). The smallest absolute Gasteiger partial charge is 0.0239 e. The van der Waals surface area contributed by atoms with Gasteiger partial charge in [-0.3, -0.25) is 4.90 Å². The Balaban J connectivity index is 2.11. The van der Waals surface area contributed by atoms with Crippen molar-refractivity contribution in [1.82, 2.24) is 10.2 Å². The van der Waals surface area contributed by atoms with Crippen LogP contribution in [0.25, 0.3) is 0 Å². The van der Waals surface area contributed by atoms with E-state index < -0.39 is 0 Å². The zero-order valence-corrected chi connectivity index (χ0v) is 14.5. The van der Waals surface area contributed by atoms with Gasteiger partial charge in [0.25, 0.3) is 0 Å². The Morgan fingerprint density at radius 1 is 1.24 bits per heavy atom. The highest BCUT2D eigenvalue weighted by Gasteiger charge is 2.22. The first-order chi connectivity index (χ1) is 10.0. The zero-order valence-electron chi connectivity index (χ0n) is 14.5. The molecule has 2 heteroatoms. The molecule has 1 saturated heterocycles. The summed E-state index contributed by atoms with van der Waals surface area (Å²) in [6.45, 7) is 16.1. The summed E-state index contributed by atoms with van der Waals surface area (Å²) in [6.07, 6.45) is 2.52. The van der Waals surface area contributed by atoms with Gasteiger partial charge in [0.15, 0.2) is 0 Å². The number of hydrogen-bond acceptors (Lipinski definition) is 2. The Labute approximate surface area is 130 Å². The largest absolute Gasteiger partial charge is 0.312 e. The van der Waals surface area contributed by atoms with E-state index in [-0.39, 0.29) is 0 Å². The van der Waals surface area contributed by atoms with Crippen LogP contribution < -0.4 is 5.32 Å². The van der Waals surface area contributed by atoms with Crippen molar-refractivity contribution in [3.8, 4) is 0 Å². The summed E-state index contributed by atoms with van der Waals surface area (Å²) in [5.74, 6) is 0.755. The van der Waals surface area contributed by atoms with Crippen LogP contribution in [-0.2, 0) is 6.54 Å². The van der Waals surface area contributed by atoms with Crippen molar-refractivity contribution in [3.05, 3.63) is 34.4 Å². The highest BCUT2D eigenvalue weighted by Crippen LogP contribution is 2.20. The molecular weight excluding hydrogens is 256 g/mol. The van der Waals surface area contributed by atoms with Gasteiger partial charge in [-0.1, -0.05) is 38.0 Å². The summed E-state index contributed by atoms with van der Waals surface area (Å²) >= 11 is 0. The molecule has 0 bridgehead atoms. The van der Waals surface area contributed by atoms with Crippen LogP contribution in [0.2, 0.25) is 0 Å². The third kappa shape index (κ3) is 4.31. The minimum Gasteiger partial charge on any atom is -0.312 e. The summed E-state index contributed by atoms with van der Waals surface area (Å²) in [5.41, 5.74) is 5.81. The predicted molar refractivity (Wildman–Crippen MR) is 91.8 cm³/mol. The summed E-state index contributed by atoms with van der Waals surface area (Å²) in [6, 6.07) is 5.29. The Morgan fingerprint density at radius 2 is 1.90 bits per heavy atom. The van der Waals surface area contributed by atoms with Gasteiger partial charge in [0.1, 0.15) is 0 Å². The van der Waals surface area contributed by atoms with Crippen LogP contribution in [0.15, 0.2) is 12.1 Å². The van der Waals surface area contributed by atoms with Gasteiger partial charge in [-0.15, -0.1) is 0 Å². The molecule has 2 nitrogen and oxygen atoms in total. The van der Waals surface area contributed by atoms with E-state index >= 15 is 0 Å². The molecule has 0 amide bonds. The lowest BCUT2D eigenvalue weighted by atomic mass is 9.97. The number of aryl methyl sites for hydroxylation is 3. The SMILES string of the molecule is CCC(C)C1CN(Cc2c(C)cc(C)cc2C)CCCN1. The van der Waals surface area contributed by atoms with Gasteiger partial charge in [-0.25, -0.2) is 0 Å². The second-order valence-corrected chi connectivity index (χ2v) is 6.91. The highest BCUT2D eigenvalue weighted by atomic mass is 15.2. The van der Waals surface area contributed by atoms with Crippen molar-refractivity contribution in [2.75, 3.05) is 19.6 Å². The fraction of sp³-hybridized carbons (Fsp3) is 0.684.